The summed E-state index contributed by atoms with van der Waals surface area (Å²) in [5, 5.41) is 11.8. The second-order valence-corrected chi connectivity index (χ2v) is 4.64. The molecule has 4 heteroatoms. The van der Waals surface area contributed by atoms with Gasteiger partial charge >= 0.3 is 0 Å². The summed E-state index contributed by atoms with van der Waals surface area (Å²) in [6, 6.07) is 12.5. The molecule has 2 aromatic carbocycles. The standard InChI is InChI=1S/C16H15N3O/c1-10-7-11(2)14(18)8-13(10)16(20)19-15-6-4-3-5-12(15)9-17/h3-8H,18H2,1-2H3,(H,19,20). The van der Waals surface area contributed by atoms with Gasteiger partial charge in [0, 0.05) is 11.3 Å². The fourth-order valence-electron chi connectivity index (χ4n) is 1.99. The molecule has 0 atom stereocenters. The number of benzene rings is 2. The number of hydrogen-bond acceptors (Lipinski definition) is 3. The lowest BCUT2D eigenvalue weighted by atomic mass is 10.0. The summed E-state index contributed by atoms with van der Waals surface area (Å²) >= 11 is 0. The number of nitriles is 1. The zero-order valence-electron chi connectivity index (χ0n) is 11.4. The molecule has 0 aromatic heterocycles. The lowest BCUT2D eigenvalue weighted by Gasteiger charge is -2.11. The Bertz CT molecular complexity index is 714. The number of para-hydroxylation sites is 1. The number of nitrogen functional groups attached to an aromatic ring is 1. The molecule has 0 fully saturated rings. The molecule has 2 rings (SSSR count). The molecule has 0 saturated carbocycles. The van der Waals surface area contributed by atoms with Crippen molar-refractivity contribution in [1.82, 2.24) is 0 Å². The van der Waals surface area contributed by atoms with Gasteiger partial charge < -0.3 is 11.1 Å². The SMILES string of the molecule is Cc1cc(C)c(C(=O)Nc2ccccc2C#N)cc1N. The molecule has 0 saturated heterocycles. The van der Waals surface area contributed by atoms with Crippen LogP contribution in [0.4, 0.5) is 11.4 Å². The van der Waals surface area contributed by atoms with Crippen molar-refractivity contribution in [3.8, 4) is 6.07 Å². The molecule has 20 heavy (non-hydrogen) atoms. The van der Waals surface area contributed by atoms with Gasteiger partial charge in [-0.3, -0.25) is 4.79 Å². The van der Waals surface area contributed by atoms with Crippen LogP contribution in [0.2, 0.25) is 0 Å². The smallest absolute Gasteiger partial charge is 0.256 e. The molecule has 0 aliphatic carbocycles. The quantitative estimate of drug-likeness (QED) is 0.819. The molecule has 0 heterocycles. The largest absolute Gasteiger partial charge is 0.398 e. The summed E-state index contributed by atoms with van der Waals surface area (Å²) in [7, 11) is 0. The average Bonchev–Trinajstić information content (AvgIpc) is 2.43. The third-order valence-corrected chi connectivity index (χ3v) is 3.15. The fourth-order valence-corrected chi connectivity index (χ4v) is 1.99. The molecule has 0 bridgehead atoms. The normalized spacial score (nSPS) is 9.85. The van der Waals surface area contributed by atoms with Crippen molar-refractivity contribution in [2.24, 2.45) is 0 Å². The van der Waals surface area contributed by atoms with E-state index in [1.807, 2.05) is 26.0 Å². The zero-order valence-corrected chi connectivity index (χ0v) is 11.4. The third kappa shape index (κ3) is 2.62. The van der Waals surface area contributed by atoms with Crippen LogP contribution in [0.25, 0.3) is 0 Å². The number of rotatable bonds is 2. The lowest BCUT2D eigenvalue weighted by Crippen LogP contribution is -2.15. The summed E-state index contributed by atoms with van der Waals surface area (Å²) in [5.74, 6) is -0.267. The van der Waals surface area contributed by atoms with Crippen LogP contribution in [0.5, 0.6) is 0 Å². The molecule has 0 aliphatic rings. The number of carbonyl (C=O) groups is 1. The number of hydrogen-bond donors (Lipinski definition) is 2. The van der Waals surface area contributed by atoms with Gasteiger partial charge in [-0.25, -0.2) is 0 Å². The van der Waals surface area contributed by atoms with Crippen molar-refractivity contribution >= 4 is 17.3 Å². The second kappa shape index (κ2) is 5.45. The summed E-state index contributed by atoms with van der Waals surface area (Å²) < 4.78 is 0. The minimum atomic E-state index is -0.267. The van der Waals surface area contributed by atoms with Crippen LogP contribution in [-0.2, 0) is 0 Å². The number of amides is 1. The molecule has 1 amide bonds. The number of nitrogens with zero attached hydrogens (tertiary/aromatic N) is 1. The van der Waals surface area contributed by atoms with Gasteiger partial charge in [0.15, 0.2) is 0 Å². The Kier molecular flexibility index (Phi) is 3.72. The summed E-state index contributed by atoms with van der Waals surface area (Å²) in [6.45, 7) is 3.76. The van der Waals surface area contributed by atoms with E-state index in [9.17, 15) is 4.79 Å². The Morgan fingerprint density at radius 3 is 2.60 bits per heavy atom. The van der Waals surface area contributed by atoms with E-state index in [4.69, 9.17) is 11.0 Å². The van der Waals surface area contributed by atoms with Crippen LogP contribution in [0.3, 0.4) is 0 Å². The summed E-state index contributed by atoms with van der Waals surface area (Å²) in [4.78, 5) is 12.3. The topological polar surface area (TPSA) is 78.9 Å². The second-order valence-electron chi connectivity index (χ2n) is 4.64. The first-order valence-corrected chi connectivity index (χ1v) is 6.20. The van der Waals surface area contributed by atoms with Crippen LogP contribution >= 0.6 is 0 Å². The van der Waals surface area contributed by atoms with E-state index in [0.717, 1.165) is 11.1 Å². The van der Waals surface area contributed by atoms with Gasteiger partial charge in [-0.05, 0) is 43.2 Å². The number of carbonyl (C=O) groups excluding carboxylic acids is 1. The summed E-state index contributed by atoms with van der Waals surface area (Å²) in [6.07, 6.45) is 0. The maximum atomic E-state index is 12.3. The molecule has 0 aliphatic heterocycles. The van der Waals surface area contributed by atoms with E-state index in [2.05, 4.69) is 5.32 Å². The van der Waals surface area contributed by atoms with Crippen LogP contribution in [0.15, 0.2) is 36.4 Å². The predicted octanol–water partition coefficient (Wildman–Crippen LogP) is 3.01. The van der Waals surface area contributed by atoms with Gasteiger partial charge in [-0.1, -0.05) is 18.2 Å². The van der Waals surface area contributed by atoms with Crippen LogP contribution in [0, 0.1) is 25.2 Å². The van der Waals surface area contributed by atoms with Crippen molar-refractivity contribution in [1.29, 1.82) is 5.26 Å². The first-order valence-electron chi connectivity index (χ1n) is 6.20. The van der Waals surface area contributed by atoms with Crippen molar-refractivity contribution in [2.75, 3.05) is 11.1 Å². The number of nitrogens with two attached hydrogens (primary N) is 1. The molecule has 2 aromatic rings. The van der Waals surface area contributed by atoms with Gasteiger partial charge in [0.05, 0.1) is 11.3 Å². The van der Waals surface area contributed by atoms with Crippen molar-refractivity contribution in [3.05, 3.63) is 58.7 Å². The molecule has 3 N–H and O–H groups in total. The Labute approximate surface area is 117 Å². The van der Waals surface area contributed by atoms with Crippen LogP contribution in [-0.4, -0.2) is 5.91 Å². The highest BCUT2D eigenvalue weighted by Gasteiger charge is 2.12. The van der Waals surface area contributed by atoms with Gasteiger partial charge in [0.25, 0.3) is 5.91 Å². The number of nitrogens with one attached hydrogen (secondary N) is 1. The highest BCUT2D eigenvalue weighted by molar-refractivity contribution is 6.06. The van der Waals surface area contributed by atoms with Crippen molar-refractivity contribution < 1.29 is 4.79 Å². The maximum absolute atomic E-state index is 12.3. The molecular formula is C16H15N3O. The van der Waals surface area contributed by atoms with E-state index < -0.39 is 0 Å². The minimum Gasteiger partial charge on any atom is -0.398 e. The number of aryl methyl sites for hydroxylation is 2. The highest BCUT2D eigenvalue weighted by atomic mass is 16.1. The average molecular weight is 265 g/mol. The number of anilines is 2. The first kappa shape index (κ1) is 13.6. The molecule has 0 spiro atoms. The molecule has 100 valence electrons. The molecule has 0 unspecified atom stereocenters. The molecule has 4 nitrogen and oxygen atoms in total. The Morgan fingerprint density at radius 2 is 1.90 bits per heavy atom. The van der Waals surface area contributed by atoms with Gasteiger partial charge in [-0.2, -0.15) is 5.26 Å². The minimum absolute atomic E-state index is 0.267. The molecular weight excluding hydrogens is 250 g/mol. The van der Waals surface area contributed by atoms with Crippen LogP contribution in [0.1, 0.15) is 27.0 Å². The van der Waals surface area contributed by atoms with Gasteiger partial charge in [-0.15, -0.1) is 0 Å². The van der Waals surface area contributed by atoms with E-state index in [-0.39, 0.29) is 5.91 Å². The van der Waals surface area contributed by atoms with Gasteiger partial charge in [0.1, 0.15) is 6.07 Å². The Morgan fingerprint density at radius 1 is 1.20 bits per heavy atom. The van der Waals surface area contributed by atoms with Crippen molar-refractivity contribution in [2.45, 2.75) is 13.8 Å². The monoisotopic (exact) mass is 265 g/mol. The van der Waals surface area contributed by atoms with Crippen LogP contribution < -0.4 is 11.1 Å². The van der Waals surface area contributed by atoms with Gasteiger partial charge in [0.2, 0.25) is 0 Å². The third-order valence-electron chi connectivity index (χ3n) is 3.15. The van der Waals surface area contributed by atoms with E-state index >= 15 is 0 Å². The fraction of sp³-hybridized carbons (Fsp3) is 0.125. The van der Waals surface area contributed by atoms with Crippen molar-refractivity contribution in [3.63, 3.8) is 0 Å². The Hall–Kier alpha value is -2.80. The predicted molar refractivity (Wildman–Crippen MR) is 79.4 cm³/mol. The van der Waals surface area contributed by atoms with E-state index in [1.165, 1.54) is 0 Å². The Balaban J connectivity index is 2.34. The highest BCUT2D eigenvalue weighted by Crippen LogP contribution is 2.20. The summed E-state index contributed by atoms with van der Waals surface area (Å²) in [5.41, 5.74) is 9.66. The van der Waals surface area contributed by atoms with E-state index in [0.29, 0.717) is 22.5 Å². The van der Waals surface area contributed by atoms with E-state index in [1.54, 1.807) is 30.3 Å². The lowest BCUT2D eigenvalue weighted by molar-refractivity contribution is 0.102. The first-order chi connectivity index (χ1) is 9.52. The molecule has 0 radical (unpaired) electrons. The zero-order chi connectivity index (χ0) is 14.7. The maximum Gasteiger partial charge on any atom is 0.256 e.